The number of fused-ring (bicyclic) bond motifs is 2. The number of hydrogen-bond acceptors (Lipinski definition) is 2. The van der Waals surface area contributed by atoms with Crippen LogP contribution in [0.4, 0.5) is 0 Å². The molecule has 0 aromatic carbocycles. The lowest BCUT2D eigenvalue weighted by Crippen LogP contribution is -2.26. The summed E-state index contributed by atoms with van der Waals surface area (Å²) in [4.78, 5) is 12.0. The number of nitrogens with two attached hydrogens (primary N) is 1. The molecule has 2 N–H and O–H groups in total. The molecular formula is C13H23NO. The number of carbonyl (C=O) groups excluding carboxylic acids is 1. The summed E-state index contributed by atoms with van der Waals surface area (Å²) in [7, 11) is 0. The molecule has 2 aliphatic rings. The number of Topliss-reactive ketones (excluding diaryl/α,β-unsaturated/α-hetero) is 1. The predicted octanol–water partition coefficient (Wildman–Crippen LogP) is 2.37. The highest BCUT2D eigenvalue weighted by Crippen LogP contribution is 2.49. The van der Waals surface area contributed by atoms with Gasteiger partial charge in [0.05, 0.1) is 0 Å². The third-order valence-electron chi connectivity index (χ3n) is 4.58. The van der Waals surface area contributed by atoms with Crippen LogP contribution in [-0.2, 0) is 4.79 Å². The number of rotatable bonds is 5. The van der Waals surface area contributed by atoms with Crippen molar-refractivity contribution in [1.29, 1.82) is 0 Å². The van der Waals surface area contributed by atoms with Gasteiger partial charge in [-0.1, -0.05) is 13.3 Å². The van der Waals surface area contributed by atoms with Gasteiger partial charge in [0.15, 0.2) is 0 Å². The zero-order chi connectivity index (χ0) is 10.8. The molecule has 0 aromatic heterocycles. The maximum absolute atomic E-state index is 12.0. The van der Waals surface area contributed by atoms with Crippen molar-refractivity contribution in [2.24, 2.45) is 29.4 Å². The van der Waals surface area contributed by atoms with Crippen molar-refractivity contribution in [2.45, 2.75) is 45.4 Å². The van der Waals surface area contributed by atoms with Crippen LogP contribution in [0.3, 0.4) is 0 Å². The summed E-state index contributed by atoms with van der Waals surface area (Å²) in [5, 5.41) is 0. The van der Waals surface area contributed by atoms with Gasteiger partial charge in [0.2, 0.25) is 0 Å². The molecule has 0 aliphatic heterocycles. The van der Waals surface area contributed by atoms with E-state index in [1.165, 1.54) is 25.7 Å². The number of hydrogen-bond donors (Lipinski definition) is 1. The molecular weight excluding hydrogens is 186 g/mol. The maximum Gasteiger partial charge on any atom is 0.137 e. The minimum Gasteiger partial charge on any atom is -0.330 e. The second-order valence-corrected chi connectivity index (χ2v) is 5.45. The Morgan fingerprint density at radius 3 is 2.67 bits per heavy atom. The van der Waals surface area contributed by atoms with Gasteiger partial charge in [0.1, 0.15) is 5.78 Å². The highest BCUT2D eigenvalue weighted by molar-refractivity contribution is 5.81. The second-order valence-electron chi connectivity index (χ2n) is 5.45. The summed E-state index contributed by atoms with van der Waals surface area (Å²) in [6.45, 7) is 2.60. The van der Waals surface area contributed by atoms with Crippen LogP contribution in [0.15, 0.2) is 0 Å². The van der Waals surface area contributed by atoms with Crippen molar-refractivity contribution >= 4 is 5.78 Å². The Kier molecular flexibility index (Phi) is 3.45. The third kappa shape index (κ3) is 2.25. The van der Waals surface area contributed by atoms with Gasteiger partial charge in [0.25, 0.3) is 0 Å². The molecule has 0 spiro atoms. The van der Waals surface area contributed by atoms with Gasteiger partial charge < -0.3 is 5.73 Å². The quantitative estimate of drug-likeness (QED) is 0.755. The molecule has 2 bridgehead atoms. The normalized spacial score (nSPS) is 35.7. The molecule has 0 radical (unpaired) electrons. The molecule has 2 nitrogen and oxygen atoms in total. The lowest BCUT2D eigenvalue weighted by molar-refractivity contribution is -0.124. The fourth-order valence-corrected chi connectivity index (χ4v) is 3.58. The van der Waals surface area contributed by atoms with Crippen LogP contribution in [0.2, 0.25) is 0 Å². The van der Waals surface area contributed by atoms with Crippen molar-refractivity contribution in [3.05, 3.63) is 0 Å². The van der Waals surface area contributed by atoms with Crippen LogP contribution in [0.1, 0.15) is 45.4 Å². The maximum atomic E-state index is 12.0. The van der Waals surface area contributed by atoms with Crippen molar-refractivity contribution < 1.29 is 4.79 Å². The van der Waals surface area contributed by atoms with Gasteiger partial charge >= 0.3 is 0 Å². The molecule has 4 atom stereocenters. The Hall–Kier alpha value is -0.370. The summed E-state index contributed by atoms with van der Waals surface area (Å²) in [5.74, 6) is 3.08. The van der Waals surface area contributed by atoms with E-state index in [1.54, 1.807) is 0 Å². The molecule has 2 saturated carbocycles. The fraction of sp³-hybridized carbons (Fsp3) is 0.923. The van der Waals surface area contributed by atoms with Gasteiger partial charge in [-0.3, -0.25) is 4.79 Å². The van der Waals surface area contributed by atoms with Crippen LogP contribution in [-0.4, -0.2) is 12.3 Å². The van der Waals surface area contributed by atoms with Crippen molar-refractivity contribution in [3.63, 3.8) is 0 Å². The van der Waals surface area contributed by atoms with Gasteiger partial charge in [-0.05, 0) is 43.4 Å². The molecule has 0 saturated heterocycles. The zero-order valence-electron chi connectivity index (χ0n) is 9.74. The van der Waals surface area contributed by atoms with Crippen LogP contribution < -0.4 is 5.73 Å². The summed E-state index contributed by atoms with van der Waals surface area (Å²) >= 11 is 0. The Balaban J connectivity index is 1.84. The van der Waals surface area contributed by atoms with Crippen LogP contribution >= 0.6 is 0 Å². The van der Waals surface area contributed by atoms with E-state index in [0.717, 1.165) is 24.7 Å². The molecule has 15 heavy (non-hydrogen) atoms. The predicted molar refractivity (Wildman–Crippen MR) is 61.4 cm³/mol. The molecule has 0 heterocycles. The van der Waals surface area contributed by atoms with Gasteiger partial charge in [0, 0.05) is 18.9 Å². The number of carbonyl (C=O) groups is 1. The van der Waals surface area contributed by atoms with Crippen molar-refractivity contribution in [3.8, 4) is 0 Å². The van der Waals surface area contributed by atoms with E-state index in [-0.39, 0.29) is 5.92 Å². The largest absolute Gasteiger partial charge is 0.330 e. The first-order valence-electron chi connectivity index (χ1n) is 6.47. The lowest BCUT2D eigenvalue weighted by atomic mass is 9.82. The number of ketones is 1. The highest BCUT2D eigenvalue weighted by Gasteiger charge is 2.40. The van der Waals surface area contributed by atoms with Gasteiger partial charge in [-0.25, -0.2) is 0 Å². The van der Waals surface area contributed by atoms with Crippen LogP contribution in [0, 0.1) is 23.7 Å². The van der Waals surface area contributed by atoms with Crippen molar-refractivity contribution in [2.75, 3.05) is 6.54 Å². The van der Waals surface area contributed by atoms with E-state index >= 15 is 0 Å². The minimum absolute atomic E-state index is 0.129. The second kappa shape index (κ2) is 4.65. The summed E-state index contributed by atoms with van der Waals surface area (Å²) in [6.07, 6.45) is 7.24. The van der Waals surface area contributed by atoms with Gasteiger partial charge in [-0.15, -0.1) is 0 Å². The highest BCUT2D eigenvalue weighted by atomic mass is 16.1. The molecule has 2 aliphatic carbocycles. The van der Waals surface area contributed by atoms with E-state index < -0.39 is 0 Å². The Labute approximate surface area is 92.6 Å². The van der Waals surface area contributed by atoms with E-state index in [1.807, 2.05) is 0 Å². The third-order valence-corrected chi connectivity index (χ3v) is 4.58. The van der Waals surface area contributed by atoms with E-state index in [9.17, 15) is 4.79 Å². The molecule has 2 heteroatoms. The van der Waals surface area contributed by atoms with Gasteiger partial charge in [-0.2, -0.15) is 0 Å². The molecule has 2 fully saturated rings. The Morgan fingerprint density at radius 2 is 2.20 bits per heavy atom. The first-order chi connectivity index (χ1) is 7.24. The zero-order valence-corrected chi connectivity index (χ0v) is 9.74. The molecule has 0 amide bonds. The topological polar surface area (TPSA) is 43.1 Å². The molecule has 2 rings (SSSR count). The van der Waals surface area contributed by atoms with E-state index in [0.29, 0.717) is 18.2 Å². The first-order valence-corrected chi connectivity index (χ1v) is 6.47. The first kappa shape index (κ1) is 11.1. The summed E-state index contributed by atoms with van der Waals surface area (Å²) < 4.78 is 0. The average Bonchev–Trinajstić information content (AvgIpc) is 2.81. The summed E-state index contributed by atoms with van der Waals surface area (Å²) in [5.41, 5.74) is 5.61. The minimum atomic E-state index is 0.129. The van der Waals surface area contributed by atoms with Crippen molar-refractivity contribution in [1.82, 2.24) is 0 Å². The average molecular weight is 209 g/mol. The Morgan fingerprint density at radius 1 is 1.40 bits per heavy atom. The summed E-state index contributed by atoms with van der Waals surface area (Å²) in [6, 6.07) is 0. The smallest absolute Gasteiger partial charge is 0.137 e. The molecule has 86 valence electrons. The standard InChI is InChI=1S/C13H23NO/c1-2-10(8-14)13(15)7-12-6-9-3-4-11(12)5-9/h9-12H,2-8,14H2,1H3. The van der Waals surface area contributed by atoms with Crippen LogP contribution in [0.5, 0.6) is 0 Å². The monoisotopic (exact) mass is 209 g/mol. The lowest BCUT2D eigenvalue weighted by Gasteiger charge is -2.22. The SMILES string of the molecule is CCC(CN)C(=O)CC1CC2CCC1C2. The van der Waals surface area contributed by atoms with E-state index in [2.05, 4.69) is 6.92 Å². The molecule has 0 aromatic rings. The molecule has 4 unspecified atom stereocenters. The van der Waals surface area contributed by atoms with Crippen LogP contribution in [0.25, 0.3) is 0 Å². The fourth-order valence-electron chi connectivity index (χ4n) is 3.58. The Bertz CT molecular complexity index is 235. The van der Waals surface area contributed by atoms with E-state index in [4.69, 9.17) is 5.73 Å².